The zero-order chi connectivity index (χ0) is 26.5. The van der Waals surface area contributed by atoms with E-state index in [9.17, 15) is 9.59 Å². The molecule has 3 aromatic carbocycles. The number of carbonyl (C=O) groups is 2. The lowest BCUT2D eigenvalue weighted by atomic mass is 10.1. The summed E-state index contributed by atoms with van der Waals surface area (Å²) in [6, 6.07) is 26.5. The van der Waals surface area contributed by atoms with Crippen molar-refractivity contribution in [3.05, 3.63) is 113 Å². The van der Waals surface area contributed by atoms with E-state index >= 15 is 0 Å². The second-order valence-corrected chi connectivity index (χ2v) is 9.56. The Labute approximate surface area is 227 Å². The van der Waals surface area contributed by atoms with E-state index in [-0.39, 0.29) is 11.8 Å². The van der Waals surface area contributed by atoms with Crippen LogP contribution in [0.5, 0.6) is 0 Å². The summed E-state index contributed by atoms with van der Waals surface area (Å²) in [5, 5.41) is 3.66. The zero-order valence-electron chi connectivity index (χ0n) is 21.1. The van der Waals surface area contributed by atoms with Crippen molar-refractivity contribution in [3.63, 3.8) is 0 Å². The molecule has 1 saturated heterocycles. The minimum atomic E-state index is -0.258. The molecule has 4 aromatic rings. The van der Waals surface area contributed by atoms with Gasteiger partial charge in [0.1, 0.15) is 11.5 Å². The van der Waals surface area contributed by atoms with Crippen LogP contribution < -0.4 is 10.2 Å². The first-order valence-corrected chi connectivity index (χ1v) is 12.9. The molecule has 1 N–H and O–H groups in total. The number of nitrogens with one attached hydrogen (secondary N) is 1. The highest BCUT2D eigenvalue weighted by atomic mass is 35.5. The lowest BCUT2D eigenvalue weighted by Gasteiger charge is -2.37. The smallest absolute Gasteiger partial charge is 0.253 e. The summed E-state index contributed by atoms with van der Waals surface area (Å²) in [6.07, 6.45) is 3.10. The van der Waals surface area contributed by atoms with Crippen LogP contribution in [0.2, 0.25) is 5.02 Å². The third-order valence-corrected chi connectivity index (χ3v) is 6.98. The molecule has 0 spiro atoms. The van der Waals surface area contributed by atoms with Gasteiger partial charge in [-0.3, -0.25) is 9.59 Å². The number of piperazine rings is 1. The first-order chi connectivity index (χ1) is 18.5. The maximum Gasteiger partial charge on any atom is 0.253 e. The molecule has 2 heterocycles. The summed E-state index contributed by atoms with van der Waals surface area (Å²) in [5.74, 6) is 1.04. The predicted molar refractivity (Wildman–Crippen MR) is 153 cm³/mol. The highest BCUT2D eigenvalue weighted by molar-refractivity contribution is 6.31. The van der Waals surface area contributed by atoms with Crippen LogP contribution in [0, 0.1) is 6.92 Å². The Balaban J connectivity index is 1.21. The number of para-hydroxylation sites is 2. The molecule has 38 heavy (non-hydrogen) atoms. The molecule has 6 nitrogen and oxygen atoms in total. The van der Waals surface area contributed by atoms with E-state index in [1.54, 1.807) is 6.08 Å². The average Bonchev–Trinajstić information content (AvgIpc) is 3.43. The Hall–Kier alpha value is -4.29. The van der Waals surface area contributed by atoms with Gasteiger partial charge in [0.05, 0.1) is 11.4 Å². The lowest BCUT2D eigenvalue weighted by Crippen LogP contribution is -2.49. The van der Waals surface area contributed by atoms with E-state index in [1.165, 1.54) is 6.08 Å². The van der Waals surface area contributed by atoms with Crippen molar-refractivity contribution in [2.75, 3.05) is 36.4 Å². The van der Waals surface area contributed by atoms with Gasteiger partial charge in [0.2, 0.25) is 5.91 Å². The fourth-order valence-electron chi connectivity index (χ4n) is 4.44. The molecule has 0 radical (unpaired) electrons. The van der Waals surface area contributed by atoms with Gasteiger partial charge in [-0.15, -0.1) is 0 Å². The van der Waals surface area contributed by atoms with Gasteiger partial charge in [-0.25, -0.2) is 0 Å². The molecule has 0 bridgehead atoms. The summed E-state index contributed by atoms with van der Waals surface area (Å²) < 4.78 is 5.88. The Morgan fingerprint density at radius 3 is 2.39 bits per heavy atom. The Morgan fingerprint density at radius 2 is 1.63 bits per heavy atom. The van der Waals surface area contributed by atoms with Crippen molar-refractivity contribution >= 4 is 40.9 Å². The summed E-state index contributed by atoms with van der Waals surface area (Å²) in [7, 11) is 0. The Kier molecular flexibility index (Phi) is 7.61. The van der Waals surface area contributed by atoms with Gasteiger partial charge in [0, 0.05) is 48.4 Å². The number of benzene rings is 3. The van der Waals surface area contributed by atoms with Gasteiger partial charge < -0.3 is 19.5 Å². The van der Waals surface area contributed by atoms with Gasteiger partial charge in [0.25, 0.3) is 5.91 Å². The van der Waals surface area contributed by atoms with Crippen LogP contribution in [0.3, 0.4) is 0 Å². The highest BCUT2D eigenvalue weighted by Crippen LogP contribution is 2.28. The molecule has 0 unspecified atom stereocenters. The van der Waals surface area contributed by atoms with Crippen molar-refractivity contribution in [2.45, 2.75) is 6.92 Å². The molecular weight excluding hydrogens is 498 g/mol. The molecule has 1 aliphatic rings. The number of aryl methyl sites for hydroxylation is 1. The quantitative estimate of drug-likeness (QED) is 0.291. The lowest BCUT2D eigenvalue weighted by molar-refractivity contribution is -0.111. The van der Waals surface area contributed by atoms with Gasteiger partial charge >= 0.3 is 0 Å². The second-order valence-electron chi connectivity index (χ2n) is 9.15. The summed E-state index contributed by atoms with van der Waals surface area (Å²) >= 11 is 6.24. The number of nitrogens with zero attached hydrogens (tertiary/aromatic N) is 2. The minimum absolute atomic E-state index is 0.0449. The Morgan fingerprint density at radius 1 is 0.895 bits per heavy atom. The van der Waals surface area contributed by atoms with Crippen LogP contribution >= 0.6 is 11.6 Å². The number of carbonyl (C=O) groups excluding carboxylic acids is 2. The van der Waals surface area contributed by atoms with Crippen LogP contribution in [0.1, 0.15) is 21.7 Å². The van der Waals surface area contributed by atoms with E-state index in [4.69, 9.17) is 16.0 Å². The predicted octanol–water partition coefficient (Wildman–Crippen LogP) is 6.52. The highest BCUT2D eigenvalue weighted by Gasteiger charge is 2.23. The summed E-state index contributed by atoms with van der Waals surface area (Å²) in [4.78, 5) is 29.6. The van der Waals surface area contributed by atoms with Crippen LogP contribution in [-0.4, -0.2) is 42.9 Å². The van der Waals surface area contributed by atoms with Crippen LogP contribution in [0.15, 0.2) is 95.4 Å². The summed E-state index contributed by atoms with van der Waals surface area (Å²) in [6.45, 7) is 4.54. The zero-order valence-corrected chi connectivity index (χ0v) is 21.8. The largest absolute Gasteiger partial charge is 0.457 e. The molecule has 1 fully saturated rings. The molecule has 1 aromatic heterocycles. The molecule has 192 valence electrons. The summed E-state index contributed by atoms with van der Waals surface area (Å²) in [5.41, 5.74) is 4.23. The van der Waals surface area contributed by atoms with E-state index < -0.39 is 0 Å². The Bertz CT molecular complexity index is 1470. The molecular formula is C31H28ClN3O3. The SMILES string of the molecule is Cc1ccc(-c2ccc(C=CC(=O)Nc3ccccc3N3CCN(C(=O)c4ccccc4)CC3)o2)cc1Cl. The number of hydrogen-bond donors (Lipinski definition) is 1. The van der Waals surface area contributed by atoms with E-state index in [2.05, 4.69) is 10.2 Å². The standard InChI is InChI=1S/C31H28ClN3O3/c1-22-11-12-24(21-26(22)32)29-15-13-25(38-29)14-16-30(36)33-27-9-5-6-10-28(27)34-17-19-35(20-18-34)31(37)23-7-3-2-4-8-23/h2-16,21H,17-20H2,1H3,(H,33,36). The van der Waals surface area contributed by atoms with Crippen LogP contribution in [-0.2, 0) is 4.79 Å². The first-order valence-electron chi connectivity index (χ1n) is 12.5. The molecule has 1 aliphatic heterocycles. The number of anilines is 2. The average molecular weight is 526 g/mol. The molecule has 2 amide bonds. The minimum Gasteiger partial charge on any atom is -0.457 e. The van der Waals surface area contributed by atoms with Crippen molar-refractivity contribution in [1.82, 2.24) is 4.90 Å². The third-order valence-electron chi connectivity index (χ3n) is 6.57. The van der Waals surface area contributed by atoms with Crippen LogP contribution in [0.4, 0.5) is 11.4 Å². The second kappa shape index (κ2) is 11.4. The number of rotatable bonds is 6. The van der Waals surface area contributed by atoms with E-state index in [0.717, 1.165) is 22.5 Å². The maximum atomic E-state index is 12.8. The first kappa shape index (κ1) is 25.4. The van der Waals surface area contributed by atoms with Gasteiger partial charge in [-0.2, -0.15) is 0 Å². The number of hydrogen-bond acceptors (Lipinski definition) is 4. The number of furan rings is 1. The normalized spacial score (nSPS) is 13.6. The maximum absolute atomic E-state index is 12.8. The molecule has 7 heteroatoms. The topological polar surface area (TPSA) is 65.8 Å². The van der Waals surface area contributed by atoms with Crippen molar-refractivity contribution in [3.8, 4) is 11.3 Å². The van der Waals surface area contributed by atoms with Crippen molar-refractivity contribution in [1.29, 1.82) is 0 Å². The van der Waals surface area contributed by atoms with Gasteiger partial charge in [-0.1, -0.05) is 54.1 Å². The monoisotopic (exact) mass is 525 g/mol. The molecule has 0 aliphatic carbocycles. The molecule has 5 rings (SSSR count). The third kappa shape index (κ3) is 5.82. The fraction of sp³-hybridized carbons (Fsp3) is 0.161. The van der Waals surface area contributed by atoms with Crippen LogP contribution in [0.25, 0.3) is 17.4 Å². The van der Waals surface area contributed by atoms with Crippen molar-refractivity contribution in [2.24, 2.45) is 0 Å². The fourth-order valence-corrected chi connectivity index (χ4v) is 4.63. The molecule has 0 saturated carbocycles. The van der Waals surface area contributed by atoms with Gasteiger partial charge in [-0.05, 0) is 61.0 Å². The molecule has 0 atom stereocenters. The van der Waals surface area contributed by atoms with Gasteiger partial charge in [0.15, 0.2) is 0 Å². The van der Waals surface area contributed by atoms with E-state index in [1.807, 2.05) is 96.8 Å². The number of amides is 2. The number of halogens is 1. The van der Waals surface area contributed by atoms with Crippen molar-refractivity contribution < 1.29 is 14.0 Å². The van der Waals surface area contributed by atoms with E-state index in [0.29, 0.717) is 48.3 Å².